The number of fused-ring (bicyclic) bond motifs is 1. The lowest BCUT2D eigenvalue weighted by molar-refractivity contribution is -0.116. The molecule has 4 aromatic rings. The van der Waals surface area contributed by atoms with Gasteiger partial charge in [0.25, 0.3) is 5.56 Å². The fraction of sp³-hybridized carbons (Fsp3) is 0.0952. The number of carbonyl (C=O) groups excluding carboxylic acids is 1. The molecule has 0 bridgehead atoms. The molecule has 0 fully saturated rings. The summed E-state index contributed by atoms with van der Waals surface area (Å²) < 4.78 is 29.3. The smallest absolute Gasteiger partial charge is 0.324 e. The van der Waals surface area contributed by atoms with Crippen LogP contribution in [0, 0.1) is 18.6 Å². The molecule has 0 atom stereocenters. The highest BCUT2D eigenvalue weighted by molar-refractivity contribution is 7.17. The Morgan fingerprint density at radius 3 is 2.48 bits per heavy atom. The first-order valence-corrected chi connectivity index (χ1v) is 10.3. The van der Waals surface area contributed by atoms with E-state index in [4.69, 9.17) is 11.6 Å². The summed E-state index contributed by atoms with van der Waals surface area (Å²) in [6, 6.07) is 8.91. The first-order chi connectivity index (χ1) is 14.7. The van der Waals surface area contributed by atoms with Gasteiger partial charge in [0, 0.05) is 16.8 Å². The van der Waals surface area contributed by atoms with Crippen LogP contribution < -0.4 is 16.6 Å². The molecule has 2 heterocycles. The van der Waals surface area contributed by atoms with Gasteiger partial charge in [-0.05, 0) is 48.2 Å². The first kappa shape index (κ1) is 21.0. The third-order valence-corrected chi connectivity index (χ3v) is 5.92. The van der Waals surface area contributed by atoms with Crippen LogP contribution in [0.2, 0.25) is 5.02 Å². The van der Waals surface area contributed by atoms with Crippen LogP contribution in [-0.2, 0) is 11.3 Å². The minimum absolute atomic E-state index is 0.176. The molecular formula is C21H14ClF2N3O3S. The lowest BCUT2D eigenvalue weighted by atomic mass is 10.2. The van der Waals surface area contributed by atoms with Crippen LogP contribution >= 0.6 is 22.9 Å². The summed E-state index contributed by atoms with van der Waals surface area (Å²) >= 11 is 7.13. The van der Waals surface area contributed by atoms with Gasteiger partial charge < -0.3 is 5.32 Å². The number of anilines is 1. The molecule has 158 valence electrons. The number of nitrogens with zero attached hydrogens (tertiary/aromatic N) is 2. The number of rotatable bonds is 4. The van der Waals surface area contributed by atoms with Crippen molar-refractivity contribution in [1.82, 2.24) is 9.13 Å². The summed E-state index contributed by atoms with van der Waals surface area (Å²) in [4.78, 5) is 38.5. The molecule has 4 rings (SSSR count). The van der Waals surface area contributed by atoms with Crippen molar-refractivity contribution < 1.29 is 13.6 Å². The molecule has 0 radical (unpaired) electrons. The molecule has 31 heavy (non-hydrogen) atoms. The predicted octanol–water partition coefficient (Wildman–Crippen LogP) is 4.09. The second-order valence-electron chi connectivity index (χ2n) is 6.78. The average Bonchev–Trinajstić information content (AvgIpc) is 3.17. The molecule has 0 spiro atoms. The number of nitrogens with one attached hydrogen (secondary N) is 1. The Hall–Kier alpha value is -3.30. The fourth-order valence-corrected chi connectivity index (χ4v) is 4.16. The van der Waals surface area contributed by atoms with Gasteiger partial charge in [0.2, 0.25) is 5.91 Å². The second kappa shape index (κ2) is 8.09. The van der Waals surface area contributed by atoms with Crippen molar-refractivity contribution in [2.45, 2.75) is 13.5 Å². The average molecular weight is 462 g/mol. The van der Waals surface area contributed by atoms with Gasteiger partial charge in [-0.1, -0.05) is 17.7 Å². The monoisotopic (exact) mass is 461 g/mol. The van der Waals surface area contributed by atoms with E-state index in [1.807, 2.05) is 6.92 Å². The lowest BCUT2D eigenvalue weighted by Gasteiger charge is -2.13. The number of benzene rings is 2. The van der Waals surface area contributed by atoms with Crippen molar-refractivity contribution in [1.29, 1.82) is 0 Å². The molecule has 0 saturated carbocycles. The summed E-state index contributed by atoms with van der Waals surface area (Å²) in [6.45, 7) is 1.40. The Kier molecular flexibility index (Phi) is 5.47. The van der Waals surface area contributed by atoms with Gasteiger partial charge in [0.15, 0.2) is 0 Å². The van der Waals surface area contributed by atoms with Crippen molar-refractivity contribution in [3.8, 4) is 5.69 Å². The van der Waals surface area contributed by atoms with Crippen LogP contribution in [0.1, 0.15) is 5.56 Å². The third kappa shape index (κ3) is 4.01. The maximum Gasteiger partial charge on any atom is 0.336 e. The number of aromatic nitrogens is 2. The highest BCUT2D eigenvalue weighted by Crippen LogP contribution is 2.21. The Morgan fingerprint density at radius 1 is 1.10 bits per heavy atom. The number of hydrogen-bond acceptors (Lipinski definition) is 4. The van der Waals surface area contributed by atoms with E-state index < -0.39 is 35.3 Å². The van der Waals surface area contributed by atoms with E-state index in [9.17, 15) is 23.2 Å². The van der Waals surface area contributed by atoms with E-state index in [0.29, 0.717) is 21.3 Å². The maximum atomic E-state index is 13.7. The summed E-state index contributed by atoms with van der Waals surface area (Å²) in [5.41, 5.74) is -0.339. The Bertz CT molecular complexity index is 1440. The van der Waals surface area contributed by atoms with Crippen LogP contribution in [0.3, 0.4) is 0 Å². The predicted molar refractivity (Wildman–Crippen MR) is 116 cm³/mol. The minimum Gasteiger partial charge on any atom is -0.324 e. The quantitative estimate of drug-likeness (QED) is 0.497. The fourth-order valence-electron chi connectivity index (χ4n) is 3.15. The van der Waals surface area contributed by atoms with Crippen LogP contribution in [0.4, 0.5) is 14.5 Å². The molecule has 6 nitrogen and oxygen atoms in total. The zero-order valence-electron chi connectivity index (χ0n) is 16.0. The SMILES string of the molecule is Cc1ccc(NC(=O)Cn2c(=O)n(-c3cc(F)cc(F)c3)c(=O)c3sccc32)cc1Cl. The van der Waals surface area contributed by atoms with Crippen LogP contribution in [0.25, 0.3) is 15.9 Å². The number of aryl methyl sites for hydroxylation is 1. The van der Waals surface area contributed by atoms with Gasteiger partial charge in [-0.25, -0.2) is 18.1 Å². The number of carbonyl (C=O) groups is 1. The molecular weight excluding hydrogens is 448 g/mol. The number of halogens is 3. The highest BCUT2D eigenvalue weighted by atomic mass is 35.5. The van der Waals surface area contributed by atoms with E-state index in [2.05, 4.69) is 5.32 Å². The lowest BCUT2D eigenvalue weighted by Crippen LogP contribution is -2.40. The van der Waals surface area contributed by atoms with Gasteiger partial charge in [-0.15, -0.1) is 11.3 Å². The molecule has 2 aromatic carbocycles. The molecule has 1 N–H and O–H groups in total. The van der Waals surface area contributed by atoms with Gasteiger partial charge in [-0.3, -0.25) is 14.2 Å². The van der Waals surface area contributed by atoms with Crippen LogP contribution in [0.15, 0.2) is 57.4 Å². The Labute approximate surface area is 182 Å². The molecule has 2 aromatic heterocycles. The minimum atomic E-state index is -0.937. The largest absolute Gasteiger partial charge is 0.336 e. The van der Waals surface area contributed by atoms with E-state index in [0.717, 1.165) is 33.6 Å². The molecule has 0 unspecified atom stereocenters. The molecule has 0 saturated heterocycles. The van der Waals surface area contributed by atoms with Crippen molar-refractivity contribution >= 4 is 44.7 Å². The summed E-state index contributed by atoms with van der Waals surface area (Å²) in [6.07, 6.45) is 0. The first-order valence-electron chi connectivity index (χ1n) is 9.00. The normalized spacial score (nSPS) is 11.1. The second-order valence-corrected chi connectivity index (χ2v) is 8.11. The van der Waals surface area contributed by atoms with Gasteiger partial charge in [0.1, 0.15) is 22.9 Å². The van der Waals surface area contributed by atoms with E-state index >= 15 is 0 Å². The molecule has 10 heteroatoms. The van der Waals surface area contributed by atoms with E-state index in [-0.39, 0.29) is 15.9 Å². The van der Waals surface area contributed by atoms with E-state index in [1.165, 1.54) is 6.07 Å². The standard InChI is InChI=1S/C21H14ClF2N3O3S/c1-11-2-3-14(9-16(11)22)25-18(28)10-26-17-4-5-31-19(17)20(29)27(21(26)30)15-7-12(23)6-13(24)8-15/h2-9H,10H2,1H3,(H,25,28). The van der Waals surface area contributed by atoms with E-state index in [1.54, 1.807) is 23.6 Å². The highest BCUT2D eigenvalue weighted by Gasteiger charge is 2.18. The van der Waals surface area contributed by atoms with Gasteiger partial charge >= 0.3 is 5.69 Å². The number of hydrogen-bond donors (Lipinski definition) is 1. The topological polar surface area (TPSA) is 73.1 Å². The summed E-state index contributed by atoms with van der Waals surface area (Å²) in [7, 11) is 0. The Morgan fingerprint density at radius 2 is 1.81 bits per heavy atom. The Balaban J connectivity index is 1.80. The molecule has 0 aliphatic rings. The summed E-state index contributed by atoms with van der Waals surface area (Å²) in [5, 5.41) is 4.71. The third-order valence-electron chi connectivity index (χ3n) is 4.62. The molecule has 1 amide bonds. The van der Waals surface area contributed by atoms with Crippen LogP contribution in [0.5, 0.6) is 0 Å². The van der Waals surface area contributed by atoms with Crippen molar-refractivity contribution in [3.63, 3.8) is 0 Å². The maximum absolute atomic E-state index is 13.7. The zero-order valence-corrected chi connectivity index (χ0v) is 17.6. The zero-order chi connectivity index (χ0) is 22.3. The number of thiophene rings is 1. The van der Waals surface area contributed by atoms with Gasteiger partial charge in [0.05, 0.1) is 11.2 Å². The van der Waals surface area contributed by atoms with Crippen molar-refractivity contribution in [3.05, 3.63) is 90.9 Å². The van der Waals surface area contributed by atoms with Crippen LogP contribution in [-0.4, -0.2) is 15.0 Å². The van der Waals surface area contributed by atoms with Gasteiger partial charge in [-0.2, -0.15) is 0 Å². The van der Waals surface area contributed by atoms with Crippen molar-refractivity contribution in [2.24, 2.45) is 0 Å². The number of amides is 1. The van der Waals surface area contributed by atoms with Crippen molar-refractivity contribution in [2.75, 3.05) is 5.32 Å². The molecule has 0 aliphatic carbocycles. The molecule has 0 aliphatic heterocycles. The summed E-state index contributed by atoms with van der Waals surface area (Å²) in [5.74, 6) is -2.41.